The normalized spacial score (nSPS) is 11.8. The van der Waals surface area contributed by atoms with Crippen molar-refractivity contribution in [2.45, 2.75) is 43.0 Å². The van der Waals surface area contributed by atoms with Gasteiger partial charge >= 0.3 is 5.97 Å². The van der Waals surface area contributed by atoms with E-state index in [0.29, 0.717) is 0 Å². The number of aryl methyl sites for hydroxylation is 1. The van der Waals surface area contributed by atoms with Crippen LogP contribution in [0, 0.1) is 36.0 Å². The average molecular weight is 506 g/mol. The molecule has 0 N–H and O–H groups in total. The first-order chi connectivity index (χ1) is 16.4. The number of aromatic nitrogens is 2. The molecule has 0 saturated heterocycles. The van der Waals surface area contributed by atoms with E-state index in [1.807, 2.05) is 24.3 Å². The average Bonchev–Trinajstić information content (AvgIpc) is 3.14. The third-order valence-electron chi connectivity index (χ3n) is 5.15. The van der Waals surface area contributed by atoms with Crippen LogP contribution in [0.15, 0.2) is 52.3 Å². The van der Waals surface area contributed by atoms with Gasteiger partial charge in [-0.25, -0.2) is 31.4 Å². The Balaban J connectivity index is 1.80. The molecular formula is C25H19F5N2O2S. The molecule has 0 aliphatic rings. The van der Waals surface area contributed by atoms with Crippen LogP contribution in [-0.2, 0) is 5.54 Å². The summed E-state index contributed by atoms with van der Waals surface area (Å²) in [5.74, 6) is -11.3. The van der Waals surface area contributed by atoms with Crippen LogP contribution < -0.4 is 4.74 Å². The minimum absolute atomic E-state index is 0.0581. The van der Waals surface area contributed by atoms with E-state index in [2.05, 4.69) is 5.10 Å². The molecule has 1 heterocycles. The molecule has 0 unspecified atom stereocenters. The van der Waals surface area contributed by atoms with Gasteiger partial charge in [-0.15, -0.1) is 0 Å². The molecule has 0 bridgehead atoms. The van der Waals surface area contributed by atoms with Crippen LogP contribution in [0.5, 0.6) is 5.88 Å². The number of ether oxygens (including phenoxy) is 1. The molecule has 182 valence electrons. The zero-order valence-corrected chi connectivity index (χ0v) is 19.9. The van der Waals surface area contributed by atoms with Crippen molar-refractivity contribution in [2.24, 2.45) is 0 Å². The van der Waals surface area contributed by atoms with Gasteiger partial charge in [0, 0.05) is 0 Å². The fourth-order valence-electron chi connectivity index (χ4n) is 3.39. The summed E-state index contributed by atoms with van der Waals surface area (Å²) in [6, 6.07) is 12.3. The van der Waals surface area contributed by atoms with Crippen LogP contribution in [0.2, 0.25) is 0 Å². The monoisotopic (exact) mass is 506 g/mol. The lowest BCUT2D eigenvalue weighted by Crippen LogP contribution is -2.25. The molecule has 0 atom stereocenters. The predicted octanol–water partition coefficient (Wildman–Crippen LogP) is 7.17. The van der Waals surface area contributed by atoms with E-state index in [9.17, 15) is 26.7 Å². The third kappa shape index (κ3) is 4.50. The van der Waals surface area contributed by atoms with Crippen LogP contribution in [0.3, 0.4) is 0 Å². The third-order valence-corrected chi connectivity index (χ3v) is 6.39. The molecule has 0 amide bonds. The fraction of sp³-hybridized carbons (Fsp3) is 0.200. The van der Waals surface area contributed by atoms with Gasteiger partial charge in [-0.3, -0.25) is 0 Å². The second kappa shape index (κ2) is 8.99. The predicted molar refractivity (Wildman–Crippen MR) is 121 cm³/mol. The molecule has 0 aliphatic carbocycles. The zero-order valence-electron chi connectivity index (χ0n) is 19.1. The Morgan fingerprint density at radius 3 is 2.03 bits per heavy atom. The van der Waals surface area contributed by atoms with Crippen LogP contribution in [0.4, 0.5) is 22.0 Å². The molecule has 4 aromatic rings. The smallest absolute Gasteiger partial charge is 0.344 e. The van der Waals surface area contributed by atoms with E-state index < -0.39 is 45.5 Å². The molecule has 4 rings (SSSR count). The summed E-state index contributed by atoms with van der Waals surface area (Å²) in [4.78, 5) is 11.9. The lowest BCUT2D eigenvalue weighted by molar-refractivity contribution is 0.0704. The first-order valence-corrected chi connectivity index (χ1v) is 11.2. The number of benzene rings is 3. The topological polar surface area (TPSA) is 44.1 Å². The summed E-state index contributed by atoms with van der Waals surface area (Å²) < 4.78 is 76.8. The van der Waals surface area contributed by atoms with E-state index in [4.69, 9.17) is 4.74 Å². The Morgan fingerprint density at radius 2 is 1.43 bits per heavy atom. The summed E-state index contributed by atoms with van der Waals surface area (Å²) >= 11 is 0.251. The largest absolute Gasteiger partial charge is 0.403 e. The first kappa shape index (κ1) is 24.7. The molecule has 0 fully saturated rings. The van der Waals surface area contributed by atoms with Gasteiger partial charge in [0.05, 0.1) is 26.6 Å². The Hall–Kier alpha value is -3.40. The van der Waals surface area contributed by atoms with Crippen molar-refractivity contribution in [1.82, 2.24) is 9.78 Å². The van der Waals surface area contributed by atoms with Gasteiger partial charge in [0.2, 0.25) is 11.7 Å². The molecule has 0 aliphatic heterocycles. The number of halogens is 5. The van der Waals surface area contributed by atoms with E-state index in [1.54, 1.807) is 39.0 Å². The van der Waals surface area contributed by atoms with Gasteiger partial charge in [-0.1, -0.05) is 42.1 Å². The summed E-state index contributed by atoms with van der Waals surface area (Å²) in [6.07, 6.45) is 0. The lowest BCUT2D eigenvalue weighted by Gasteiger charge is -2.22. The number of esters is 1. The highest BCUT2D eigenvalue weighted by molar-refractivity contribution is 7.99. The summed E-state index contributed by atoms with van der Waals surface area (Å²) in [5, 5.41) is 6.00. The maximum atomic E-state index is 14.4. The van der Waals surface area contributed by atoms with Gasteiger partial charge in [0.1, 0.15) is 0 Å². The fourth-order valence-corrected chi connectivity index (χ4v) is 4.36. The second-order valence-corrected chi connectivity index (χ2v) is 9.78. The molecule has 0 spiro atoms. The van der Waals surface area contributed by atoms with Crippen LogP contribution in [0.25, 0.3) is 10.8 Å². The molecule has 4 nitrogen and oxygen atoms in total. The Morgan fingerprint density at radius 1 is 0.857 bits per heavy atom. The maximum Gasteiger partial charge on any atom is 0.344 e. The van der Waals surface area contributed by atoms with Crippen molar-refractivity contribution in [2.75, 3.05) is 0 Å². The quantitative estimate of drug-likeness (QED) is 0.127. The summed E-state index contributed by atoms with van der Waals surface area (Å²) in [6.45, 7) is 6.73. The summed E-state index contributed by atoms with van der Waals surface area (Å²) in [7, 11) is 0. The molecule has 3 aromatic carbocycles. The van der Waals surface area contributed by atoms with Crippen LogP contribution >= 0.6 is 11.8 Å². The van der Waals surface area contributed by atoms with E-state index >= 15 is 0 Å². The van der Waals surface area contributed by atoms with Crippen molar-refractivity contribution in [3.05, 3.63) is 82.8 Å². The number of rotatable bonds is 4. The molecule has 0 radical (unpaired) electrons. The standard InChI is InChI=1S/C25H19F5N2O2S/c1-12-21(35-22-19(29)17(27)16(26)18(28)20(22)30)23(32(31-12)25(2,3)4)34-24(33)15-10-9-13-7-5-6-8-14(13)11-15/h5-11H,1-4H3. The highest BCUT2D eigenvalue weighted by atomic mass is 32.2. The van der Waals surface area contributed by atoms with E-state index in [-0.39, 0.29) is 33.8 Å². The van der Waals surface area contributed by atoms with Crippen molar-refractivity contribution < 1.29 is 31.5 Å². The molecule has 10 heteroatoms. The van der Waals surface area contributed by atoms with Gasteiger partial charge in [-0.2, -0.15) is 5.10 Å². The van der Waals surface area contributed by atoms with Crippen molar-refractivity contribution in [3.63, 3.8) is 0 Å². The Labute approximate surface area is 201 Å². The second-order valence-electron chi connectivity index (χ2n) is 8.75. The zero-order chi connectivity index (χ0) is 25.7. The SMILES string of the molecule is Cc1nn(C(C)(C)C)c(OC(=O)c2ccc3ccccc3c2)c1Sc1c(F)c(F)c(F)c(F)c1F. The van der Waals surface area contributed by atoms with Gasteiger partial charge in [0.15, 0.2) is 23.3 Å². The number of nitrogens with zero attached hydrogens (tertiary/aromatic N) is 2. The first-order valence-electron chi connectivity index (χ1n) is 10.4. The highest BCUT2D eigenvalue weighted by Gasteiger charge is 2.32. The van der Waals surface area contributed by atoms with Crippen molar-refractivity contribution in [1.29, 1.82) is 0 Å². The van der Waals surface area contributed by atoms with Gasteiger partial charge in [-0.05, 0) is 50.6 Å². The van der Waals surface area contributed by atoms with Crippen molar-refractivity contribution in [3.8, 4) is 5.88 Å². The molecular weight excluding hydrogens is 487 g/mol. The van der Waals surface area contributed by atoms with Crippen LogP contribution in [-0.4, -0.2) is 15.7 Å². The molecule has 1 aromatic heterocycles. The Kier molecular flexibility index (Phi) is 6.35. The van der Waals surface area contributed by atoms with E-state index in [1.165, 1.54) is 11.6 Å². The Bertz CT molecular complexity index is 1450. The number of carbonyl (C=O) groups excluding carboxylic acids is 1. The lowest BCUT2D eigenvalue weighted by atomic mass is 10.1. The highest BCUT2D eigenvalue weighted by Crippen LogP contribution is 2.43. The van der Waals surface area contributed by atoms with E-state index in [0.717, 1.165) is 10.8 Å². The number of carbonyl (C=O) groups is 1. The van der Waals surface area contributed by atoms with Crippen molar-refractivity contribution >= 4 is 28.5 Å². The van der Waals surface area contributed by atoms with Gasteiger partial charge in [0.25, 0.3) is 0 Å². The molecule has 0 saturated carbocycles. The minimum atomic E-state index is -2.26. The minimum Gasteiger partial charge on any atom is -0.403 e. The number of hydrogen-bond acceptors (Lipinski definition) is 4. The number of hydrogen-bond donors (Lipinski definition) is 0. The summed E-state index contributed by atoms with van der Waals surface area (Å²) in [5.41, 5.74) is -0.371. The molecule has 35 heavy (non-hydrogen) atoms. The maximum absolute atomic E-state index is 14.4. The van der Waals surface area contributed by atoms with Crippen LogP contribution in [0.1, 0.15) is 36.8 Å². The van der Waals surface area contributed by atoms with Gasteiger partial charge < -0.3 is 4.74 Å². The number of fused-ring (bicyclic) bond motifs is 1.